The first-order chi connectivity index (χ1) is 10.5. The summed E-state index contributed by atoms with van der Waals surface area (Å²) in [5, 5.41) is 9.01. The normalized spacial score (nSPS) is 13.4. The number of hydrogen-bond acceptors (Lipinski definition) is 2. The maximum Gasteiger partial charge on any atom is 0.335 e. The van der Waals surface area contributed by atoms with E-state index in [9.17, 15) is 14.0 Å². The van der Waals surface area contributed by atoms with Crippen LogP contribution in [0.5, 0.6) is 0 Å². The minimum absolute atomic E-state index is 0.0332. The van der Waals surface area contributed by atoms with Gasteiger partial charge in [0, 0.05) is 18.7 Å². The highest BCUT2D eigenvalue weighted by Crippen LogP contribution is 2.26. The van der Waals surface area contributed by atoms with Crippen molar-refractivity contribution in [3.63, 3.8) is 0 Å². The highest BCUT2D eigenvalue weighted by atomic mass is 35.5. The lowest BCUT2D eigenvalue weighted by Gasteiger charge is -2.15. The fraction of sp³-hybridized carbons (Fsp3) is 0.125. The van der Waals surface area contributed by atoms with Crippen LogP contribution in [0.1, 0.15) is 31.8 Å². The number of carbonyl (C=O) groups is 2. The van der Waals surface area contributed by atoms with Gasteiger partial charge in [0.25, 0.3) is 5.91 Å². The van der Waals surface area contributed by atoms with Gasteiger partial charge in [0.05, 0.1) is 10.6 Å². The SMILES string of the molecule is O=C(O)c1ccc2c(c1)C(=O)N(Cc1ccc(Cl)c(F)c1)C2. The molecule has 0 unspecified atom stereocenters. The summed E-state index contributed by atoms with van der Waals surface area (Å²) in [5.41, 5.74) is 1.85. The second kappa shape index (κ2) is 5.42. The monoisotopic (exact) mass is 319 g/mol. The Labute approximate surface area is 130 Å². The molecule has 1 N–H and O–H groups in total. The molecule has 0 atom stereocenters. The number of amides is 1. The van der Waals surface area contributed by atoms with Crippen LogP contribution in [0.15, 0.2) is 36.4 Å². The molecule has 2 aromatic rings. The van der Waals surface area contributed by atoms with Crippen LogP contribution >= 0.6 is 11.6 Å². The Morgan fingerprint density at radius 1 is 1.27 bits per heavy atom. The molecule has 0 saturated heterocycles. The van der Waals surface area contributed by atoms with E-state index >= 15 is 0 Å². The summed E-state index contributed by atoms with van der Waals surface area (Å²) in [6.45, 7) is 0.613. The molecule has 2 aromatic carbocycles. The van der Waals surface area contributed by atoms with Crippen molar-refractivity contribution in [1.82, 2.24) is 4.90 Å². The molecular weight excluding hydrogens is 309 g/mol. The number of hydrogen-bond donors (Lipinski definition) is 1. The van der Waals surface area contributed by atoms with E-state index in [2.05, 4.69) is 0 Å². The van der Waals surface area contributed by atoms with Crippen molar-refractivity contribution in [1.29, 1.82) is 0 Å². The predicted molar refractivity (Wildman–Crippen MR) is 78.4 cm³/mol. The van der Waals surface area contributed by atoms with Crippen LogP contribution in [0.3, 0.4) is 0 Å². The van der Waals surface area contributed by atoms with Crippen molar-refractivity contribution in [2.45, 2.75) is 13.1 Å². The molecule has 112 valence electrons. The van der Waals surface area contributed by atoms with Crippen LogP contribution in [-0.4, -0.2) is 21.9 Å². The number of halogens is 2. The van der Waals surface area contributed by atoms with E-state index in [0.717, 1.165) is 5.56 Å². The minimum Gasteiger partial charge on any atom is -0.478 e. The van der Waals surface area contributed by atoms with Crippen molar-refractivity contribution in [3.05, 3.63) is 69.5 Å². The molecule has 0 saturated carbocycles. The summed E-state index contributed by atoms with van der Waals surface area (Å²) in [6.07, 6.45) is 0. The third kappa shape index (κ3) is 2.55. The summed E-state index contributed by atoms with van der Waals surface area (Å²) in [7, 11) is 0. The molecule has 6 heteroatoms. The van der Waals surface area contributed by atoms with E-state index in [4.69, 9.17) is 16.7 Å². The molecule has 4 nitrogen and oxygen atoms in total. The van der Waals surface area contributed by atoms with Gasteiger partial charge in [-0.05, 0) is 35.4 Å². The molecule has 0 aliphatic carbocycles. The van der Waals surface area contributed by atoms with Gasteiger partial charge in [-0.15, -0.1) is 0 Å². The Balaban J connectivity index is 1.84. The first kappa shape index (κ1) is 14.5. The van der Waals surface area contributed by atoms with Crippen LogP contribution in [0.2, 0.25) is 5.02 Å². The Morgan fingerprint density at radius 3 is 2.73 bits per heavy atom. The Morgan fingerprint density at radius 2 is 2.05 bits per heavy atom. The van der Waals surface area contributed by atoms with Gasteiger partial charge in [-0.3, -0.25) is 4.79 Å². The Hall–Kier alpha value is -2.40. The van der Waals surface area contributed by atoms with Gasteiger partial charge < -0.3 is 10.0 Å². The molecule has 1 amide bonds. The molecular formula is C16H11ClFNO3. The number of carboxylic acid groups (broad SMARTS) is 1. The standard InChI is InChI=1S/C16H11ClFNO3/c17-13-4-1-9(5-14(13)18)7-19-8-11-3-2-10(16(21)22)6-12(11)15(19)20/h1-6H,7-8H2,(H,21,22). The lowest BCUT2D eigenvalue weighted by molar-refractivity contribution is 0.0697. The first-order valence-corrected chi connectivity index (χ1v) is 6.93. The van der Waals surface area contributed by atoms with Crippen LogP contribution in [-0.2, 0) is 13.1 Å². The number of carbonyl (C=O) groups excluding carboxylic acids is 1. The van der Waals surface area contributed by atoms with Gasteiger partial charge in [-0.1, -0.05) is 23.7 Å². The van der Waals surface area contributed by atoms with Crippen molar-refractivity contribution >= 4 is 23.5 Å². The zero-order valence-corrected chi connectivity index (χ0v) is 12.1. The third-order valence-electron chi connectivity index (χ3n) is 3.59. The predicted octanol–water partition coefficient (Wildman–Crippen LogP) is 3.33. The molecule has 0 fully saturated rings. The summed E-state index contributed by atoms with van der Waals surface area (Å²) in [6, 6.07) is 8.88. The van der Waals surface area contributed by atoms with Crippen molar-refractivity contribution in [2.75, 3.05) is 0 Å². The van der Waals surface area contributed by atoms with Crippen LogP contribution in [0.25, 0.3) is 0 Å². The van der Waals surface area contributed by atoms with Gasteiger partial charge in [-0.2, -0.15) is 0 Å². The molecule has 0 radical (unpaired) electrons. The number of aromatic carboxylic acids is 1. The molecule has 1 aliphatic heterocycles. The summed E-state index contributed by atoms with van der Waals surface area (Å²) < 4.78 is 13.5. The number of carboxylic acids is 1. The second-order valence-corrected chi connectivity index (χ2v) is 5.49. The lowest BCUT2D eigenvalue weighted by Crippen LogP contribution is -2.23. The molecule has 1 aliphatic rings. The largest absolute Gasteiger partial charge is 0.478 e. The summed E-state index contributed by atoms with van der Waals surface area (Å²) >= 11 is 5.63. The van der Waals surface area contributed by atoms with E-state index in [0.29, 0.717) is 17.7 Å². The van der Waals surface area contributed by atoms with Gasteiger partial charge >= 0.3 is 5.97 Å². The minimum atomic E-state index is -1.08. The highest BCUT2D eigenvalue weighted by molar-refractivity contribution is 6.30. The smallest absolute Gasteiger partial charge is 0.335 e. The van der Waals surface area contributed by atoms with Gasteiger partial charge in [-0.25, -0.2) is 9.18 Å². The summed E-state index contributed by atoms with van der Waals surface area (Å²) in [4.78, 5) is 24.9. The summed E-state index contributed by atoms with van der Waals surface area (Å²) in [5.74, 6) is -1.86. The first-order valence-electron chi connectivity index (χ1n) is 6.55. The third-order valence-corrected chi connectivity index (χ3v) is 3.90. The highest BCUT2D eigenvalue weighted by Gasteiger charge is 2.28. The zero-order chi connectivity index (χ0) is 15.9. The zero-order valence-electron chi connectivity index (χ0n) is 11.3. The fourth-order valence-corrected chi connectivity index (χ4v) is 2.60. The Bertz CT molecular complexity index is 791. The Kier molecular flexibility index (Phi) is 3.58. The van der Waals surface area contributed by atoms with E-state index in [-0.39, 0.29) is 23.0 Å². The van der Waals surface area contributed by atoms with Crippen LogP contribution in [0.4, 0.5) is 4.39 Å². The number of benzene rings is 2. The number of fused-ring (bicyclic) bond motifs is 1. The molecule has 1 heterocycles. The topological polar surface area (TPSA) is 57.6 Å². The van der Waals surface area contributed by atoms with Gasteiger partial charge in [0.2, 0.25) is 0 Å². The van der Waals surface area contributed by atoms with E-state index in [1.807, 2.05) is 0 Å². The molecule has 0 aromatic heterocycles. The number of rotatable bonds is 3. The maximum absolute atomic E-state index is 13.5. The van der Waals surface area contributed by atoms with Crippen molar-refractivity contribution in [2.24, 2.45) is 0 Å². The van der Waals surface area contributed by atoms with Crippen LogP contribution in [0, 0.1) is 5.82 Å². The fourth-order valence-electron chi connectivity index (χ4n) is 2.48. The van der Waals surface area contributed by atoms with E-state index in [1.54, 1.807) is 17.0 Å². The van der Waals surface area contributed by atoms with Gasteiger partial charge in [0.1, 0.15) is 5.82 Å². The average molecular weight is 320 g/mol. The van der Waals surface area contributed by atoms with Gasteiger partial charge in [0.15, 0.2) is 0 Å². The number of nitrogens with zero attached hydrogens (tertiary/aromatic N) is 1. The van der Waals surface area contributed by atoms with Crippen molar-refractivity contribution < 1.29 is 19.1 Å². The molecule has 0 bridgehead atoms. The second-order valence-electron chi connectivity index (χ2n) is 5.09. The van der Waals surface area contributed by atoms with E-state index < -0.39 is 11.8 Å². The maximum atomic E-state index is 13.5. The van der Waals surface area contributed by atoms with Crippen LogP contribution < -0.4 is 0 Å². The van der Waals surface area contributed by atoms with Crippen molar-refractivity contribution in [3.8, 4) is 0 Å². The van der Waals surface area contributed by atoms with E-state index in [1.165, 1.54) is 24.3 Å². The molecule has 0 spiro atoms. The average Bonchev–Trinajstić information content (AvgIpc) is 2.79. The molecule has 3 rings (SSSR count). The lowest BCUT2D eigenvalue weighted by atomic mass is 10.1. The molecule has 22 heavy (non-hydrogen) atoms. The quantitative estimate of drug-likeness (QED) is 0.944.